The largest absolute Gasteiger partial charge is 0.393 e. The Morgan fingerprint density at radius 1 is 1.29 bits per heavy atom. The third kappa shape index (κ3) is 3.03. The number of likely N-dealkylation sites (tertiary alicyclic amines) is 1. The summed E-state index contributed by atoms with van der Waals surface area (Å²) in [5.74, 6) is -0.224. The molecule has 1 saturated heterocycles. The first-order valence-corrected chi connectivity index (χ1v) is 6.08. The van der Waals surface area contributed by atoms with Gasteiger partial charge in [-0.3, -0.25) is 4.90 Å². The van der Waals surface area contributed by atoms with Gasteiger partial charge < -0.3 is 10.8 Å². The molecule has 3 N–H and O–H groups in total. The van der Waals surface area contributed by atoms with Gasteiger partial charge in [0.05, 0.1) is 6.10 Å². The van der Waals surface area contributed by atoms with Crippen molar-refractivity contribution in [3.05, 3.63) is 35.6 Å². The van der Waals surface area contributed by atoms with Crippen LogP contribution in [0.1, 0.15) is 24.4 Å². The molecule has 2 rings (SSSR count). The van der Waals surface area contributed by atoms with Crippen molar-refractivity contribution < 1.29 is 9.50 Å². The highest BCUT2D eigenvalue weighted by Crippen LogP contribution is 2.24. The van der Waals surface area contributed by atoms with Crippen LogP contribution >= 0.6 is 0 Å². The third-order valence-corrected chi connectivity index (χ3v) is 3.42. The Labute approximate surface area is 101 Å². The molecule has 1 aliphatic rings. The molecule has 3 nitrogen and oxygen atoms in total. The van der Waals surface area contributed by atoms with E-state index >= 15 is 0 Å². The van der Waals surface area contributed by atoms with Gasteiger partial charge in [0.2, 0.25) is 0 Å². The molecule has 1 aromatic carbocycles. The summed E-state index contributed by atoms with van der Waals surface area (Å²) >= 11 is 0. The summed E-state index contributed by atoms with van der Waals surface area (Å²) in [6.45, 7) is 2.21. The maximum Gasteiger partial charge on any atom is 0.123 e. The molecule has 0 spiro atoms. The smallest absolute Gasteiger partial charge is 0.123 e. The lowest BCUT2D eigenvalue weighted by atomic mass is 10.0. The number of aliphatic hydroxyl groups is 1. The fourth-order valence-electron chi connectivity index (χ4n) is 2.38. The lowest BCUT2D eigenvalue weighted by molar-refractivity contribution is 0.0622. The Morgan fingerprint density at radius 3 is 2.41 bits per heavy atom. The maximum atomic E-state index is 12.9. The van der Waals surface area contributed by atoms with Crippen molar-refractivity contribution in [1.29, 1.82) is 0 Å². The van der Waals surface area contributed by atoms with Crippen LogP contribution in [0.15, 0.2) is 24.3 Å². The van der Waals surface area contributed by atoms with E-state index in [2.05, 4.69) is 4.90 Å². The number of nitrogens with two attached hydrogens (primary N) is 1. The molecule has 17 heavy (non-hydrogen) atoms. The molecule has 0 amide bonds. The highest BCUT2D eigenvalue weighted by molar-refractivity contribution is 5.20. The van der Waals surface area contributed by atoms with E-state index < -0.39 is 0 Å². The molecule has 0 radical (unpaired) electrons. The minimum Gasteiger partial charge on any atom is -0.393 e. The van der Waals surface area contributed by atoms with Gasteiger partial charge in [-0.05, 0) is 30.5 Å². The summed E-state index contributed by atoms with van der Waals surface area (Å²) in [6.07, 6.45) is 1.40. The van der Waals surface area contributed by atoms with Crippen LogP contribution in [0.4, 0.5) is 4.39 Å². The van der Waals surface area contributed by atoms with E-state index in [4.69, 9.17) is 5.73 Å². The average Bonchev–Trinajstić information content (AvgIpc) is 2.35. The van der Waals surface area contributed by atoms with Gasteiger partial charge in [-0.25, -0.2) is 4.39 Å². The topological polar surface area (TPSA) is 49.5 Å². The quantitative estimate of drug-likeness (QED) is 0.834. The van der Waals surface area contributed by atoms with E-state index in [1.807, 2.05) is 0 Å². The fraction of sp³-hybridized carbons (Fsp3) is 0.538. The van der Waals surface area contributed by atoms with Gasteiger partial charge in [0.15, 0.2) is 0 Å². The van der Waals surface area contributed by atoms with Crippen molar-refractivity contribution in [3.63, 3.8) is 0 Å². The van der Waals surface area contributed by atoms with Gasteiger partial charge in [0.1, 0.15) is 5.82 Å². The van der Waals surface area contributed by atoms with Crippen LogP contribution in [0, 0.1) is 5.82 Å². The second-order valence-electron chi connectivity index (χ2n) is 4.57. The van der Waals surface area contributed by atoms with Crippen LogP contribution in [0.5, 0.6) is 0 Å². The van der Waals surface area contributed by atoms with E-state index in [1.165, 1.54) is 12.1 Å². The van der Waals surface area contributed by atoms with Gasteiger partial charge >= 0.3 is 0 Å². The van der Waals surface area contributed by atoms with E-state index in [1.54, 1.807) is 12.1 Å². The molecule has 0 saturated carbocycles. The molecule has 1 heterocycles. The first-order valence-electron chi connectivity index (χ1n) is 6.08. The highest BCUT2D eigenvalue weighted by atomic mass is 19.1. The minimum absolute atomic E-state index is 0.128. The second-order valence-corrected chi connectivity index (χ2v) is 4.57. The summed E-state index contributed by atoms with van der Waals surface area (Å²) < 4.78 is 12.9. The minimum atomic E-state index is -0.224. The molecule has 1 aromatic rings. The Bertz CT molecular complexity index is 347. The van der Waals surface area contributed by atoms with Gasteiger partial charge in [0, 0.05) is 25.7 Å². The summed E-state index contributed by atoms with van der Waals surface area (Å²) in [6, 6.07) is 6.65. The molecule has 1 atom stereocenters. The molecule has 1 fully saturated rings. The number of nitrogens with zero attached hydrogens (tertiary/aromatic N) is 1. The second kappa shape index (κ2) is 5.58. The first kappa shape index (κ1) is 12.5. The predicted molar refractivity (Wildman–Crippen MR) is 65.0 cm³/mol. The standard InChI is InChI=1S/C13H19FN2O/c14-11-3-1-10(2-4-11)13(9-15)16-7-5-12(17)6-8-16/h1-4,12-13,17H,5-9,15H2. The van der Waals surface area contributed by atoms with Crippen LogP contribution in [-0.2, 0) is 0 Å². The van der Waals surface area contributed by atoms with Gasteiger partial charge in [-0.15, -0.1) is 0 Å². The van der Waals surface area contributed by atoms with Crippen molar-refractivity contribution in [2.24, 2.45) is 5.73 Å². The number of halogens is 1. The number of hydrogen-bond donors (Lipinski definition) is 2. The van der Waals surface area contributed by atoms with E-state index in [0.717, 1.165) is 31.5 Å². The van der Waals surface area contributed by atoms with Crippen molar-refractivity contribution in [3.8, 4) is 0 Å². The number of piperidine rings is 1. The SMILES string of the molecule is NCC(c1ccc(F)cc1)N1CCC(O)CC1. The third-order valence-electron chi connectivity index (χ3n) is 3.42. The highest BCUT2D eigenvalue weighted by Gasteiger charge is 2.24. The zero-order chi connectivity index (χ0) is 12.3. The van der Waals surface area contributed by atoms with Crippen LogP contribution < -0.4 is 5.73 Å². The Kier molecular flexibility index (Phi) is 4.10. The van der Waals surface area contributed by atoms with Crippen molar-refractivity contribution in [2.75, 3.05) is 19.6 Å². The number of aliphatic hydroxyl groups excluding tert-OH is 1. The number of benzene rings is 1. The van der Waals surface area contributed by atoms with Gasteiger partial charge in [-0.2, -0.15) is 0 Å². The molecular formula is C13H19FN2O. The zero-order valence-corrected chi connectivity index (χ0v) is 9.85. The Hall–Kier alpha value is -0.970. The van der Waals surface area contributed by atoms with Gasteiger partial charge in [0.25, 0.3) is 0 Å². The monoisotopic (exact) mass is 238 g/mol. The Balaban J connectivity index is 2.08. The van der Waals surface area contributed by atoms with Crippen LogP contribution in [0.2, 0.25) is 0 Å². The summed E-state index contributed by atoms with van der Waals surface area (Å²) in [5, 5.41) is 9.48. The van der Waals surface area contributed by atoms with Crippen LogP contribution in [0.3, 0.4) is 0 Å². The molecule has 1 aliphatic heterocycles. The molecular weight excluding hydrogens is 219 g/mol. The zero-order valence-electron chi connectivity index (χ0n) is 9.85. The number of rotatable bonds is 3. The maximum absolute atomic E-state index is 12.9. The summed E-state index contributed by atoms with van der Waals surface area (Å²) in [5.41, 5.74) is 6.86. The van der Waals surface area contributed by atoms with Crippen molar-refractivity contribution in [1.82, 2.24) is 4.90 Å². The fourth-order valence-corrected chi connectivity index (χ4v) is 2.38. The predicted octanol–water partition coefficient (Wildman–Crippen LogP) is 1.28. The average molecular weight is 238 g/mol. The lowest BCUT2D eigenvalue weighted by Gasteiger charge is -2.35. The first-order chi connectivity index (χ1) is 8.20. The normalized spacial score (nSPS) is 20.4. The summed E-state index contributed by atoms with van der Waals surface area (Å²) in [4.78, 5) is 2.26. The number of hydrogen-bond acceptors (Lipinski definition) is 3. The van der Waals surface area contributed by atoms with E-state index in [0.29, 0.717) is 6.54 Å². The van der Waals surface area contributed by atoms with Crippen molar-refractivity contribution in [2.45, 2.75) is 25.0 Å². The molecule has 94 valence electrons. The van der Waals surface area contributed by atoms with E-state index in [9.17, 15) is 9.50 Å². The summed E-state index contributed by atoms with van der Waals surface area (Å²) in [7, 11) is 0. The Morgan fingerprint density at radius 2 is 1.88 bits per heavy atom. The van der Waals surface area contributed by atoms with E-state index in [-0.39, 0.29) is 18.0 Å². The molecule has 1 unspecified atom stereocenters. The van der Waals surface area contributed by atoms with Gasteiger partial charge in [-0.1, -0.05) is 12.1 Å². The lowest BCUT2D eigenvalue weighted by Crippen LogP contribution is -2.41. The molecule has 4 heteroatoms. The molecule has 0 bridgehead atoms. The van der Waals surface area contributed by atoms with Crippen molar-refractivity contribution >= 4 is 0 Å². The molecule has 0 aromatic heterocycles. The van der Waals surface area contributed by atoms with Crippen LogP contribution in [-0.4, -0.2) is 35.7 Å². The van der Waals surface area contributed by atoms with Crippen LogP contribution in [0.25, 0.3) is 0 Å². The molecule has 0 aliphatic carbocycles.